The molecule has 0 saturated carbocycles. The lowest BCUT2D eigenvalue weighted by molar-refractivity contribution is 0.476. The molecule has 0 bridgehead atoms. The van der Waals surface area contributed by atoms with Crippen molar-refractivity contribution in [2.75, 3.05) is 0 Å². The van der Waals surface area contributed by atoms with E-state index in [1.54, 1.807) is 10.5 Å². The molecular formula is C10H5N5O. The van der Waals surface area contributed by atoms with E-state index in [1.807, 2.05) is 6.07 Å². The molecule has 76 valence electrons. The third kappa shape index (κ3) is 1.02. The summed E-state index contributed by atoms with van der Waals surface area (Å²) in [6, 6.07) is 6.70. The van der Waals surface area contributed by atoms with Crippen molar-refractivity contribution >= 4 is 16.8 Å². The largest absolute Gasteiger partial charge is 0.508 e. The molecule has 0 atom stereocenters. The lowest BCUT2D eigenvalue weighted by Crippen LogP contribution is -1.96. The van der Waals surface area contributed by atoms with Gasteiger partial charge in [0.25, 0.3) is 5.78 Å². The summed E-state index contributed by atoms with van der Waals surface area (Å²) in [5, 5.41) is 26.2. The SMILES string of the molecule is N#Cc1cnc2nnc3ccc(O)cc3n12. The smallest absolute Gasteiger partial charge is 0.255 e. The molecule has 1 N–H and O–H groups in total. The number of fused-ring (bicyclic) bond motifs is 3. The molecule has 0 aliphatic carbocycles. The van der Waals surface area contributed by atoms with Gasteiger partial charge in [-0.3, -0.25) is 4.40 Å². The van der Waals surface area contributed by atoms with Gasteiger partial charge in [0.05, 0.1) is 11.7 Å². The Labute approximate surface area is 89.4 Å². The maximum Gasteiger partial charge on any atom is 0.255 e. The number of nitrogens with zero attached hydrogens (tertiary/aromatic N) is 5. The molecule has 0 radical (unpaired) electrons. The van der Waals surface area contributed by atoms with Gasteiger partial charge in [0, 0.05) is 6.07 Å². The molecule has 2 heterocycles. The fraction of sp³-hybridized carbons (Fsp3) is 0. The first-order valence-corrected chi connectivity index (χ1v) is 4.52. The van der Waals surface area contributed by atoms with Crippen molar-refractivity contribution in [2.24, 2.45) is 0 Å². The molecule has 3 aromatic rings. The minimum absolute atomic E-state index is 0.111. The minimum Gasteiger partial charge on any atom is -0.508 e. The van der Waals surface area contributed by atoms with Crippen LogP contribution in [0.3, 0.4) is 0 Å². The van der Waals surface area contributed by atoms with Crippen molar-refractivity contribution in [1.29, 1.82) is 5.26 Å². The number of imidazole rings is 1. The summed E-state index contributed by atoms with van der Waals surface area (Å²) >= 11 is 0. The second kappa shape index (κ2) is 2.90. The molecule has 16 heavy (non-hydrogen) atoms. The standard InChI is InChI=1S/C10H5N5O/c11-4-6-5-12-10-14-13-8-2-1-7(16)3-9(8)15(6)10/h1-3,5,16H. The van der Waals surface area contributed by atoms with E-state index >= 15 is 0 Å². The first kappa shape index (κ1) is 8.61. The van der Waals surface area contributed by atoms with Gasteiger partial charge < -0.3 is 5.11 Å². The summed E-state index contributed by atoms with van der Waals surface area (Å²) in [5.74, 6) is 0.453. The van der Waals surface area contributed by atoms with Crippen LogP contribution in [0.5, 0.6) is 5.75 Å². The number of hydrogen-bond donors (Lipinski definition) is 1. The zero-order chi connectivity index (χ0) is 11.1. The van der Waals surface area contributed by atoms with E-state index in [-0.39, 0.29) is 5.75 Å². The molecule has 0 aliphatic rings. The van der Waals surface area contributed by atoms with Crippen LogP contribution in [-0.2, 0) is 0 Å². The second-order valence-electron chi connectivity index (χ2n) is 3.26. The van der Waals surface area contributed by atoms with Gasteiger partial charge in [0.2, 0.25) is 0 Å². The molecule has 0 fully saturated rings. The van der Waals surface area contributed by atoms with Gasteiger partial charge >= 0.3 is 0 Å². The highest BCUT2D eigenvalue weighted by Gasteiger charge is 2.08. The van der Waals surface area contributed by atoms with Crippen molar-refractivity contribution in [3.8, 4) is 11.8 Å². The average Bonchev–Trinajstić information content (AvgIpc) is 2.72. The highest BCUT2D eigenvalue weighted by molar-refractivity contribution is 5.78. The second-order valence-corrected chi connectivity index (χ2v) is 3.26. The lowest BCUT2D eigenvalue weighted by atomic mass is 10.3. The summed E-state index contributed by atoms with van der Waals surface area (Å²) in [6.07, 6.45) is 1.42. The van der Waals surface area contributed by atoms with Crippen molar-refractivity contribution in [2.45, 2.75) is 0 Å². The van der Waals surface area contributed by atoms with Crippen LogP contribution in [-0.4, -0.2) is 24.7 Å². The third-order valence-corrected chi connectivity index (χ3v) is 2.30. The number of aromatic nitrogens is 4. The Morgan fingerprint density at radius 3 is 3.00 bits per heavy atom. The van der Waals surface area contributed by atoms with Gasteiger partial charge in [-0.2, -0.15) is 5.26 Å². The molecule has 6 nitrogen and oxygen atoms in total. The normalized spacial score (nSPS) is 10.7. The van der Waals surface area contributed by atoms with Crippen LogP contribution in [0.1, 0.15) is 5.69 Å². The van der Waals surface area contributed by atoms with Gasteiger partial charge in [0.15, 0.2) is 0 Å². The van der Waals surface area contributed by atoms with Gasteiger partial charge in [-0.05, 0) is 12.1 Å². The lowest BCUT2D eigenvalue weighted by Gasteiger charge is -2.01. The third-order valence-electron chi connectivity index (χ3n) is 2.30. The highest BCUT2D eigenvalue weighted by Crippen LogP contribution is 2.19. The summed E-state index contributed by atoms with van der Waals surface area (Å²) in [4.78, 5) is 3.95. The summed E-state index contributed by atoms with van der Waals surface area (Å²) < 4.78 is 1.56. The van der Waals surface area contributed by atoms with E-state index < -0.39 is 0 Å². The highest BCUT2D eigenvalue weighted by atomic mass is 16.3. The molecule has 3 rings (SSSR count). The number of nitriles is 1. The fourth-order valence-corrected chi connectivity index (χ4v) is 1.60. The van der Waals surface area contributed by atoms with Crippen LogP contribution in [0, 0.1) is 11.3 Å². The molecule has 0 amide bonds. The van der Waals surface area contributed by atoms with E-state index in [9.17, 15) is 5.11 Å². The molecule has 1 aromatic carbocycles. The van der Waals surface area contributed by atoms with Crippen LogP contribution < -0.4 is 0 Å². The first-order valence-electron chi connectivity index (χ1n) is 4.52. The monoisotopic (exact) mass is 211 g/mol. The van der Waals surface area contributed by atoms with Crippen molar-refractivity contribution < 1.29 is 5.11 Å². The molecule has 0 aliphatic heterocycles. The Kier molecular flexibility index (Phi) is 1.56. The minimum atomic E-state index is 0.111. The maximum absolute atomic E-state index is 9.43. The number of benzene rings is 1. The quantitative estimate of drug-likeness (QED) is 0.595. The topological polar surface area (TPSA) is 87.1 Å². The number of aromatic hydroxyl groups is 1. The Bertz CT molecular complexity index is 740. The predicted molar refractivity (Wildman–Crippen MR) is 54.7 cm³/mol. The Morgan fingerprint density at radius 2 is 2.19 bits per heavy atom. The molecule has 2 aromatic heterocycles. The number of phenols is 1. The zero-order valence-electron chi connectivity index (χ0n) is 7.99. The van der Waals surface area contributed by atoms with E-state index in [0.717, 1.165) is 0 Å². The van der Waals surface area contributed by atoms with Crippen molar-refractivity contribution in [1.82, 2.24) is 19.6 Å². The van der Waals surface area contributed by atoms with E-state index in [2.05, 4.69) is 15.2 Å². The Balaban J connectivity index is 2.61. The van der Waals surface area contributed by atoms with Crippen LogP contribution in [0.2, 0.25) is 0 Å². The van der Waals surface area contributed by atoms with Gasteiger partial charge in [-0.25, -0.2) is 4.98 Å². The van der Waals surface area contributed by atoms with Crippen molar-refractivity contribution in [3.63, 3.8) is 0 Å². The number of hydrogen-bond acceptors (Lipinski definition) is 5. The van der Waals surface area contributed by atoms with E-state index in [1.165, 1.54) is 18.3 Å². The molecular weight excluding hydrogens is 206 g/mol. The summed E-state index contributed by atoms with van der Waals surface area (Å²) in [7, 11) is 0. The summed E-state index contributed by atoms with van der Waals surface area (Å²) in [6.45, 7) is 0. The van der Waals surface area contributed by atoms with E-state index in [4.69, 9.17) is 5.26 Å². The number of phenolic OH excluding ortho intramolecular Hbond substituents is 1. The molecule has 0 saturated heterocycles. The fourth-order valence-electron chi connectivity index (χ4n) is 1.60. The van der Waals surface area contributed by atoms with E-state index in [0.29, 0.717) is 22.5 Å². The first-order chi connectivity index (χ1) is 7.79. The van der Waals surface area contributed by atoms with Crippen LogP contribution in [0.15, 0.2) is 24.4 Å². The molecule has 0 unspecified atom stereocenters. The van der Waals surface area contributed by atoms with Crippen LogP contribution in [0.25, 0.3) is 16.8 Å². The Hall–Kier alpha value is -2.68. The van der Waals surface area contributed by atoms with Crippen LogP contribution >= 0.6 is 0 Å². The maximum atomic E-state index is 9.43. The Morgan fingerprint density at radius 1 is 1.31 bits per heavy atom. The van der Waals surface area contributed by atoms with Gasteiger partial charge in [0.1, 0.15) is 23.0 Å². The zero-order valence-corrected chi connectivity index (χ0v) is 7.99. The van der Waals surface area contributed by atoms with Crippen molar-refractivity contribution in [3.05, 3.63) is 30.1 Å². The van der Waals surface area contributed by atoms with Gasteiger partial charge in [-0.15, -0.1) is 10.2 Å². The molecule has 0 spiro atoms. The van der Waals surface area contributed by atoms with Gasteiger partial charge in [-0.1, -0.05) is 0 Å². The number of rotatable bonds is 0. The predicted octanol–water partition coefficient (Wildman–Crippen LogP) is 0.855. The van der Waals surface area contributed by atoms with Crippen LogP contribution in [0.4, 0.5) is 0 Å². The summed E-state index contributed by atoms with van der Waals surface area (Å²) in [5.41, 5.74) is 1.57. The molecule has 6 heteroatoms. The average molecular weight is 211 g/mol.